The van der Waals surface area contributed by atoms with Gasteiger partial charge in [-0.2, -0.15) is 5.26 Å². The van der Waals surface area contributed by atoms with Gasteiger partial charge < -0.3 is 0 Å². The number of nitriles is 1. The zero-order valence-corrected chi connectivity index (χ0v) is 14.4. The van der Waals surface area contributed by atoms with Gasteiger partial charge in [0.05, 0.1) is 12.1 Å². The van der Waals surface area contributed by atoms with Crippen LogP contribution < -0.4 is 5.32 Å². The summed E-state index contributed by atoms with van der Waals surface area (Å²) in [6, 6.07) is 23.4. The molecule has 2 aromatic carbocycles. The topological polar surface area (TPSA) is 35.8 Å². The lowest BCUT2D eigenvalue weighted by Crippen LogP contribution is -2.45. The van der Waals surface area contributed by atoms with Gasteiger partial charge in [-0.1, -0.05) is 86.8 Å². The molecule has 1 aliphatic carbocycles. The van der Waals surface area contributed by atoms with Gasteiger partial charge in [0.2, 0.25) is 0 Å². The number of nitrogens with one attached hydrogen (secondary N) is 1. The summed E-state index contributed by atoms with van der Waals surface area (Å²) in [5.74, 6) is 0. The largest absolute Gasteiger partial charge is 0.291 e. The number of rotatable bonds is 5. The van der Waals surface area contributed by atoms with Crippen LogP contribution >= 0.6 is 0 Å². The molecule has 2 heteroatoms. The molecule has 3 rings (SSSR count). The molecule has 0 amide bonds. The maximum absolute atomic E-state index is 9.87. The van der Waals surface area contributed by atoms with Crippen molar-refractivity contribution < 1.29 is 0 Å². The Morgan fingerprint density at radius 2 is 1.38 bits per heavy atom. The van der Waals surface area contributed by atoms with Crippen molar-refractivity contribution in [2.24, 2.45) is 5.41 Å². The molecule has 0 spiro atoms. The van der Waals surface area contributed by atoms with Crippen LogP contribution in [-0.2, 0) is 0 Å². The summed E-state index contributed by atoms with van der Waals surface area (Å²) in [5, 5.41) is 13.6. The van der Waals surface area contributed by atoms with Crippen LogP contribution in [0, 0.1) is 16.7 Å². The van der Waals surface area contributed by atoms with E-state index in [1.165, 1.54) is 30.4 Å². The van der Waals surface area contributed by atoms with Gasteiger partial charge in [-0.05, 0) is 29.4 Å². The zero-order valence-electron chi connectivity index (χ0n) is 14.4. The van der Waals surface area contributed by atoms with E-state index in [0.717, 1.165) is 12.8 Å². The molecule has 1 unspecified atom stereocenters. The Balaban J connectivity index is 1.90. The van der Waals surface area contributed by atoms with Gasteiger partial charge >= 0.3 is 0 Å². The minimum atomic E-state index is -0.136. The van der Waals surface area contributed by atoms with Crippen molar-refractivity contribution in [3.05, 3.63) is 71.8 Å². The van der Waals surface area contributed by atoms with Gasteiger partial charge in [0, 0.05) is 0 Å². The van der Waals surface area contributed by atoms with Crippen LogP contribution in [-0.4, -0.2) is 6.04 Å². The second-order valence-corrected chi connectivity index (χ2v) is 7.20. The highest BCUT2D eigenvalue weighted by molar-refractivity contribution is 5.32. The minimum Gasteiger partial charge on any atom is -0.291 e. The first-order valence-electron chi connectivity index (χ1n) is 8.98. The molecule has 124 valence electrons. The van der Waals surface area contributed by atoms with E-state index >= 15 is 0 Å². The molecular formula is C22H26N2. The van der Waals surface area contributed by atoms with Gasteiger partial charge in [0.15, 0.2) is 0 Å². The van der Waals surface area contributed by atoms with Gasteiger partial charge in [-0.15, -0.1) is 0 Å². The Hall–Kier alpha value is -2.11. The van der Waals surface area contributed by atoms with E-state index in [1.54, 1.807) is 0 Å². The summed E-state index contributed by atoms with van der Waals surface area (Å²) in [6.07, 6.45) is 6.03. The zero-order chi connectivity index (χ0) is 16.8. The second kappa shape index (κ2) is 7.64. The number of nitrogens with zero attached hydrogens (tertiary/aromatic N) is 1. The van der Waals surface area contributed by atoms with Crippen molar-refractivity contribution in [2.75, 3.05) is 0 Å². The minimum absolute atomic E-state index is 0.0517. The molecule has 0 aliphatic heterocycles. The van der Waals surface area contributed by atoms with Crippen LogP contribution in [0.5, 0.6) is 0 Å². The average molecular weight is 318 g/mol. The molecule has 0 bridgehead atoms. The van der Waals surface area contributed by atoms with Crippen molar-refractivity contribution in [3.63, 3.8) is 0 Å². The summed E-state index contributed by atoms with van der Waals surface area (Å²) < 4.78 is 0. The van der Waals surface area contributed by atoms with Crippen LogP contribution in [0.4, 0.5) is 0 Å². The Kier molecular flexibility index (Phi) is 5.33. The Morgan fingerprint density at radius 3 is 1.83 bits per heavy atom. The monoisotopic (exact) mass is 318 g/mol. The smallest absolute Gasteiger partial charge is 0.101 e. The van der Waals surface area contributed by atoms with E-state index < -0.39 is 0 Å². The van der Waals surface area contributed by atoms with E-state index in [0.29, 0.717) is 0 Å². The fraction of sp³-hybridized carbons (Fsp3) is 0.409. The summed E-state index contributed by atoms with van der Waals surface area (Å²) in [4.78, 5) is 0. The Bertz CT molecular complexity index is 627. The van der Waals surface area contributed by atoms with Crippen molar-refractivity contribution in [2.45, 2.75) is 51.1 Å². The number of hydrogen-bond acceptors (Lipinski definition) is 2. The Morgan fingerprint density at radius 1 is 0.875 bits per heavy atom. The van der Waals surface area contributed by atoms with E-state index in [4.69, 9.17) is 0 Å². The lowest BCUT2D eigenvalue weighted by Gasteiger charge is -2.39. The number of benzene rings is 2. The molecule has 2 aromatic rings. The maximum Gasteiger partial charge on any atom is 0.101 e. The fourth-order valence-electron chi connectivity index (χ4n) is 3.88. The summed E-state index contributed by atoms with van der Waals surface area (Å²) in [5.41, 5.74) is 2.49. The highest BCUT2D eigenvalue weighted by atomic mass is 15.0. The molecule has 1 saturated carbocycles. The van der Waals surface area contributed by atoms with Gasteiger partial charge in [-0.3, -0.25) is 5.32 Å². The highest BCUT2D eigenvalue weighted by Crippen LogP contribution is 2.40. The van der Waals surface area contributed by atoms with Gasteiger partial charge in [0.25, 0.3) is 0 Å². The quantitative estimate of drug-likeness (QED) is 0.819. The summed E-state index contributed by atoms with van der Waals surface area (Å²) >= 11 is 0. The molecule has 0 saturated heterocycles. The molecule has 1 atom stereocenters. The van der Waals surface area contributed by atoms with Crippen LogP contribution in [0.1, 0.15) is 56.2 Å². The molecule has 2 nitrogen and oxygen atoms in total. The predicted molar refractivity (Wildman–Crippen MR) is 98.5 cm³/mol. The first-order chi connectivity index (χ1) is 11.7. The molecule has 1 fully saturated rings. The van der Waals surface area contributed by atoms with Crippen LogP contribution in [0.2, 0.25) is 0 Å². The highest BCUT2D eigenvalue weighted by Gasteiger charge is 2.37. The van der Waals surface area contributed by atoms with Crippen LogP contribution in [0.25, 0.3) is 0 Å². The second-order valence-electron chi connectivity index (χ2n) is 7.20. The third kappa shape index (κ3) is 3.68. The standard InChI is InChI=1S/C22H26N2/c1-22(15-9-4-10-16-22)20(17-23)24-21(18-11-5-2-6-12-18)19-13-7-3-8-14-19/h2-3,5-8,11-14,20-21,24H,4,9-10,15-16H2,1H3. The van der Waals surface area contributed by atoms with E-state index in [9.17, 15) is 5.26 Å². The summed E-state index contributed by atoms with van der Waals surface area (Å²) in [6.45, 7) is 2.28. The third-order valence-corrected chi connectivity index (χ3v) is 5.42. The van der Waals surface area contributed by atoms with Crippen molar-refractivity contribution in [1.29, 1.82) is 5.26 Å². The molecule has 0 aromatic heterocycles. The first kappa shape index (κ1) is 16.7. The van der Waals surface area contributed by atoms with E-state index in [2.05, 4.69) is 66.8 Å². The van der Waals surface area contributed by atoms with E-state index in [-0.39, 0.29) is 17.5 Å². The van der Waals surface area contributed by atoms with Gasteiger partial charge in [-0.25, -0.2) is 0 Å². The first-order valence-corrected chi connectivity index (χ1v) is 8.98. The van der Waals surface area contributed by atoms with Crippen molar-refractivity contribution >= 4 is 0 Å². The summed E-state index contributed by atoms with van der Waals surface area (Å²) in [7, 11) is 0. The van der Waals surface area contributed by atoms with Crippen molar-refractivity contribution in [1.82, 2.24) is 5.32 Å². The lowest BCUT2D eigenvalue weighted by atomic mass is 9.70. The van der Waals surface area contributed by atoms with Crippen LogP contribution in [0.15, 0.2) is 60.7 Å². The molecule has 24 heavy (non-hydrogen) atoms. The molecule has 0 radical (unpaired) electrons. The normalized spacial score (nSPS) is 18.0. The van der Waals surface area contributed by atoms with E-state index in [1.807, 2.05) is 12.1 Å². The number of hydrogen-bond donors (Lipinski definition) is 1. The molecule has 1 aliphatic rings. The lowest BCUT2D eigenvalue weighted by molar-refractivity contribution is 0.168. The van der Waals surface area contributed by atoms with Crippen LogP contribution in [0.3, 0.4) is 0 Å². The molecular weight excluding hydrogens is 292 g/mol. The maximum atomic E-state index is 9.87. The Labute approximate surface area is 145 Å². The third-order valence-electron chi connectivity index (χ3n) is 5.42. The molecule has 1 N–H and O–H groups in total. The SMILES string of the molecule is CC1(C(C#N)NC(c2ccccc2)c2ccccc2)CCCCC1. The van der Waals surface area contributed by atoms with Crippen molar-refractivity contribution in [3.8, 4) is 6.07 Å². The average Bonchev–Trinajstić information content (AvgIpc) is 2.64. The molecule has 0 heterocycles. The predicted octanol–water partition coefficient (Wildman–Crippen LogP) is 5.23. The fourth-order valence-corrected chi connectivity index (χ4v) is 3.88. The van der Waals surface area contributed by atoms with Gasteiger partial charge in [0.1, 0.15) is 6.04 Å².